The van der Waals surface area contributed by atoms with Gasteiger partial charge >= 0.3 is 0 Å². The number of rotatable bonds is 4. The molecule has 0 bridgehead atoms. The molecule has 2 amide bonds. The van der Waals surface area contributed by atoms with Gasteiger partial charge in [0.25, 0.3) is 0 Å². The Morgan fingerprint density at radius 1 is 1.33 bits per heavy atom. The number of fused-ring (bicyclic) bond motifs is 1. The summed E-state index contributed by atoms with van der Waals surface area (Å²) in [7, 11) is 1.60. The Morgan fingerprint density at radius 3 is 2.81 bits per heavy atom. The van der Waals surface area contributed by atoms with Crippen LogP contribution >= 0.6 is 0 Å². The molecule has 140 valence electrons. The van der Waals surface area contributed by atoms with E-state index in [1.54, 1.807) is 25.1 Å². The Balaban J connectivity index is 1.91. The average molecular weight is 366 g/mol. The molecule has 1 atom stereocenters. The number of amidine groups is 1. The van der Waals surface area contributed by atoms with Crippen LogP contribution in [0.5, 0.6) is 0 Å². The molecule has 2 heterocycles. The number of carbonyl (C=O) groups is 2. The summed E-state index contributed by atoms with van der Waals surface area (Å²) in [6.45, 7) is 6.87. The normalized spacial score (nSPS) is 18.1. The lowest BCUT2D eigenvalue weighted by molar-refractivity contribution is -0.123. The van der Waals surface area contributed by atoms with Gasteiger partial charge in [0.05, 0.1) is 12.5 Å². The number of aryl methyl sites for hydroxylation is 1. The zero-order valence-corrected chi connectivity index (χ0v) is 16.0. The number of nitrogens with one attached hydrogen (secondary N) is 3. The van der Waals surface area contributed by atoms with Crippen LogP contribution in [0.15, 0.2) is 39.6 Å². The third-order valence-electron chi connectivity index (χ3n) is 4.76. The Bertz CT molecular complexity index is 877. The lowest BCUT2D eigenvalue weighted by Crippen LogP contribution is -2.33. The maximum atomic E-state index is 12.3. The Labute approximate surface area is 159 Å². The highest BCUT2D eigenvalue weighted by Crippen LogP contribution is 2.31. The van der Waals surface area contributed by atoms with Crippen molar-refractivity contribution in [2.75, 3.05) is 18.4 Å². The molecular formula is C18H23BN6O2. The maximum absolute atomic E-state index is 12.3. The van der Waals surface area contributed by atoms with E-state index in [0.717, 1.165) is 22.5 Å². The van der Waals surface area contributed by atoms with Crippen molar-refractivity contribution in [2.45, 2.75) is 20.8 Å². The summed E-state index contributed by atoms with van der Waals surface area (Å²) in [4.78, 5) is 28.6. The summed E-state index contributed by atoms with van der Waals surface area (Å²) >= 11 is 0. The molecule has 0 spiro atoms. The van der Waals surface area contributed by atoms with Crippen molar-refractivity contribution in [3.63, 3.8) is 0 Å². The highest BCUT2D eigenvalue weighted by atomic mass is 16.2. The van der Waals surface area contributed by atoms with E-state index < -0.39 is 0 Å². The van der Waals surface area contributed by atoms with Crippen molar-refractivity contribution in [3.8, 4) is 0 Å². The predicted octanol–water partition coefficient (Wildman–Crippen LogP) is 0.382. The van der Waals surface area contributed by atoms with Gasteiger partial charge in [-0.2, -0.15) is 5.10 Å². The number of amides is 2. The third-order valence-corrected chi connectivity index (χ3v) is 4.76. The number of nitrogens with zero attached hydrogens (tertiary/aromatic N) is 3. The van der Waals surface area contributed by atoms with Crippen LogP contribution in [0.25, 0.3) is 0 Å². The van der Waals surface area contributed by atoms with Crippen molar-refractivity contribution < 1.29 is 9.59 Å². The van der Waals surface area contributed by atoms with Gasteiger partial charge in [-0.15, -0.1) is 0 Å². The van der Waals surface area contributed by atoms with Crippen LogP contribution in [0.4, 0.5) is 5.69 Å². The second kappa shape index (κ2) is 7.65. The average Bonchev–Trinajstić information content (AvgIpc) is 3.01. The van der Waals surface area contributed by atoms with Crippen LogP contribution in [0.1, 0.15) is 29.8 Å². The molecule has 2 aliphatic heterocycles. The summed E-state index contributed by atoms with van der Waals surface area (Å²) in [5, 5.41) is 14.9. The van der Waals surface area contributed by atoms with Crippen LogP contribution in [-0.2, 0) is 4.79 Å². The first-order chi connectivity index (χ1) is 13.0. The fraction of sp³-hybridized carbons (Fsp3) is 0.333. The molecular weight excluding hydrogens is 343 g/mol. The minimum absolute atomic E-state index is 0.00996. The highest BCUT2D eigenvalue weighted by Gasteiger charge is 2.37. The molecule has 1 aromatic carbocycles. The Kier molecular flexibility index (Phi) is 5.29. The summed E-state index contributed by atoms with van der Waals surface area (Å²) in [6, 6.07) is 5.45. The SMILES string of the molecule is BNC(=O)c1ccc(C)c(NC2=NC=NN3CC(C(=O)NCC)C(C)=C23)c1. The topological polar surface area (TPSA) is 98.2 Å². The number of hydrazone groups is 1. The first-order valence-corrected chi connectivity index (χ1v) is 8.92. The molecule has 3 N–H and O–H groups in total. The van der Waals surface area contributed by atoms with Gasteiger partial charge in [-0.05, 0) is 44.0 Å². The predicted molar refractivity (Wildman–Crippen MR) is 108 cm³/mol. The van der Waals surface area contributed by atoms with E-state index in [1.807, 2.05) is 26.8 Å². The maximum Gasteiger partial charge on any atom is 0.238 e. The summed E-state index contributed by atoms with van der Waals surface area (Å²) < 4.78 is 0. The van der Waals surface area contributed by atoms with E-state index in [1.165, 1.54) is 6.34 Å². The summed E-state index contributed by atoms with van der Waals surface area (Å²) in [5.74, 6) is 0.190. The molecule has 0 saturated heterocycles. The number of anilines is 1. The first kappa shape index (κ1) is 18.7. The zero-order valence-electron chi connectivity index (χ0n) is 16.0. The van der Waals surface area contributed by atoms with Crippen molar-refractivity contribution >= 4 is 37.7 Å². The number of benzene rings is 1. The van der Waals surface area contributed by atoms with Crippen LogP contribution in [0.3, 0.4) is 0 Å². The van der Waals surface area contributed by atoms with Crippen LogP contribution in [0, 0.1) is 12.8 Å². The van der Waals surface area contributed by atoms with Crippen LogP contribution in [-0.4, -0.2) is 50.1 Å². The van der Waals surface area contributed by atoms with Gasteiger partial charge in [0.15, 0.2) is 5.84 Å². The van der Waals surface area contributed by atoms with E-state index in [0.29, 0.717) is 24.5 Å². The minimum Gasteiger partial charge on any atom is -0.402 e. The van der Waals surface area contributed by atoms with Gasteiger partial charge < -0.3 is 15.9 Å². The molecule has 0 aromatic heterocycles. The van der Waals surface area contributed by atoms with Crippen molar-refractivity contribution in [2.24, 2.45) is 16.0 Å². The molecule has 27 heavy (non-hydrogen) atoms. The Morgan fingerprint density at radius 2 is 2.11 bits per heavy atom. The largest absolute Gasteiger partial charge is 0.402 e. The molecule has 9 heteroatoms. The number of aliphatic imine (C=N–C) groups is 1. The third kappa shape index (κ3) is 3.58. The Hall–Kier alpha value is -3.10. The highest BCUT2D eigenvalue weighted by molar-refractivity contribution is 6.18. The van der Waals surface area contributed by atoms with E-state index in [-0.39, 0.29) is 17.7 Å². The van der Waals surface area contributed by atoms with E-state index in [4.69, 9.17) is 0 Å². The molecule has 0 fully saturated rings. The van der Waals surface area contributed by atoms with Crippen LogP contribution < -0.4 is 15.9 Å². The van der Waals surface area contributed by atoms with Gasteiger partial charge in [0.2, 0.25) is 19.8 Å². The van der Waals surface area contributed by atoms with Gasteiger partial charge in [0.1, 0.15) is 12.0 Å². The minimum atomic E-state index is -0.263. The molecule has 8 nitrogen and oxygen atoms in total. The fourth-order valence-electron chi connectivity index (χ4n) is 3.23. The van der Waals surface area contributed by atoms with Crippen molar-refractivity contribution in [1.82, 2.24) is 15.6 Å². The van der Waals surface area contributed by atoms with Gasteiger partial charge in [-0.3, -0.25) is 14.6 Å². The van der Waals surface area contributed by atoms with Gasteiger partial charge in [-0.25, -0.2) is 4.99 Å². The molecule has 2 aliphatic rings. The van der Waals surface area contributed by atoms with Crippen molar-refractivity contribution in [1.29, 1.82) is 0 Å². The second-order valence-electron chi connectivity index (χ2n) is 6.50. The standard InChI is InChI=1S/C18H23BN6O2/c1-4-20-18(27)13-8-25-15(11(13)3)16(21-9-22-25)23-14-7-12(17(26)24-19)6-5-10(14)2/h5-7,9,13H,4,8,19H2,1-3H3,(H,20,27)(H,24,26)(H,21,22,23). The van der Waals surface area contributed by atoms with E-state index >= 15 is 0 Å². The number of hydrogen-bond donors (Lipinski definition) is 3. The molecule has 0 saturated carbocycles. The zero-order chi connectivity index (χ0) is 19.6. The molecule has 0 aliphatic carbocycles. The molecule has 1 aromatic rings. The quantitative estimate of drug-likeness (QED) is 0.671. The van der Waals surface area contributed by atoms with Crippen LogP contribution in [0.2, 0.25) is 0 Å². The van der Waals surface area contributed by atoms with E-state index in [2.05, 4.69) is 26.0 Å². The van der Waals surface area contributed by atoms with Crippen molar-refractivity contribution in [3.05, 3.63) is 40.6 Å². The lowest BCUT2D eigenvalue weighted by atomic mass is 10.0. The fourth-order valence-corrected chi connectivity index (χ4v) is 3.23. The number of hydrogen-bond acceptors (Lipinski definition) is 6. The second-order valence-corrected chi connectivity index (χ2v) is 6.50. The number of carbonyl (C=O) groups excluding carboxylic acids is 2. The molecule has 3 rings (SSSR count). The lowest BCUT2D eigenvalue weighted by Gasteiger charge is -2.22. The molecule has 0 radical (unpaired) electrons. The summed E-state index contributed by atoms with van der Waals surface area (Å²) in [6.07, 6.45) is 1.47. The molecule has 1 unspecified atom stereocenters. The van der Waals surface area contributed by atoms with Gasteiger partial charge in [-0.1, -0.05) is 6.07 Å². The smallest absolute Gasteiger partial charge is 0.238 e. The van der Waals surface area contributed by atoms with Gasteiger partial charge in [0, 0.05) is 17.8 Å². The van der Waals surface area contributed by atoms with E-state index in [9.17, 15) is 9.59 Å². The first-order valence-electron chi connectivity index (χ1n) is 8.92. The summed E-state index contributed by atoms with van der Waals surface area (Å²) in [5.41, 5.74) is 4.05. The monoisotopic (exact) mass is 366 g/mol.